The van der Waals surface area contributed by atoms with E-state index in [0.29, 0.717) is 11.8 Å². The molecule has 5 rings (SSSR count). The van der Waals surface area contributed by atoms with Crippen LogP contribution in [-0.2, 0) is 0 Å². The van der Waals surface area contributed by atoms with Crippen molar-refractivity contribution in [2.45, 2.75) is 79.1 Å². The molecule has 0 bridgehead atoms. The normalized spacial score (nSPS) is 19.2. The highest BCUT2D eigenvalue weighted by Crippen LogP contribution is 2.44. The molecule has 39 heavy (non-hydrogen) atoms. The highest BCUT2D eigenvalue weighted by Gasteiger charge is 2.26. The molecule has 2 aliphatic carbocycles. The second-order valence-corrected chi connectivity index (χ2v) is 11.3. The molecule has 0 N–H and O–H groups in total. The van der Waals surface area contributed by atoms with Crippen molar-refractivity contribution in [3.05, 3.63) is 124 Å². The molecule has 0 saturated heterocycles. The molecule has 1 nitrogen and oxygen atoms in total. The van der Waals surface area contributed by atoms with Crippen LogP contribution in [0.4, 0.5) is 0 Å². The molecule has 0 fully saturated rings. The molecule has 2 aliphatic rings. The largest absolute Gasteiger partial charge is 0.253 e. The van der Waals surface area contributed by atoms with Gasteiger partial charge in [0, 0.05) is 17.2 Å². The van der Waals surface area contributed by atoms with E-state index in [1.165, 1.54) is 63.0 Å². The fraction of sp³-hybridized carbons (Fsp3) is 0.342. The van der Waals surface area contributed by atoms with Crippen LogP contribution in [-0.4, -0.2) is 4.98 Å². The summed E-state index contributed by atoms with van der Waals surface area (Å²) in [5, 5.41) is 0. The SMILES string of the molecule is CC/C=C(\CCC)c1ccc(C2C(C)=Cc3cc(C4=CCCC(CC)C=C4c4cccc(C)n4)ccc32)cc1. The number of aromatic nitrogens is 1. The first-order chi connectivity index (χ1) is 19.0. The summed E-state index contributed by atoms with van der Waals surface area (Å²) in [6, 6.07) is 22.9. The van der Waals surface area contributed by atoms with Gasteiger partial charge in [-0.05, 0) is 109 Å². The molecular weight excluding hydrogens is 470 g/mol. The Balaban J connectivity index is 1.49. The summed E-state index contributed by atoms with van der Waals surface area (Å²) in [5.74, 6) is 0.916. The van der Waals surface area contributed by atoms with E-state index in [0.717, 1.165) is 37.1 Å². The van der Waals surface area contributed by atoms with Gasteiger partial charge in [-0.1, -0.05) is 99.5 Å². The van der Waals surface area contributed by atoms with Gasteiger partial charge >= 0.3 is 0 Å². The first kappa shape index (κ1) is 27.1. The zero-order valence-corrected chi connectivity index (χ0v) is 24.4. The first-order valence-electron chi connectivity index (χ1n) is 15.0. The number of hydrogen-bond donors (Lipinski definition) is 0. The quantitative estimate of drug-likeness (QED) is 0.292. The Morgan fingerprint density at radius 1 is 0.949 bits per heavy atom. The van der Waals surface area contributed by atoms with Crippen molar-refractivity contribution < 1.29 is 0 Å². The standard InChI is InChI=1S/C38H43N/c1-6-11-29(12-7-2)30-17-19-31(20-18-30)38-26(4)23-33-25-32(21-22-35(33)38)34-15-10-14-28(8-3)24-36(34)37-16-9-13-27(5)39-37/h9,11,13,15-25,28,38H,6-8,10,12,14H2,1-5H3/b29-11+. The second kappa shape index (κ2) is 12.2. The molecular formula is C38H43N. The van der Waals surface area contributed by atoms with Crippen molar-refractivity contribution >= 4 is 22.8 Å². The van der Waals surface area contributed by atoms with Gasteiger partial charge in [0.15, 0.2) is 0 Å². The van der Waals surface area contributed by atoms with Gasteiger partial charge in [0.2, 0.25) is 0 Å². The fourth-order valence-corrected chi connectivity index (χ4v) is 6.39. The maximum atomic E-state index is 4.94. The summed E-state index contributed by atoms with van der Waals surface area (Å²) < 4.78 is 0. The Morgan fingerprint density at radius 2 is 1.77 bits per heavy atom. The number of hydrogen-bond acceptors (Lipinski definition) is 1. The zero-order valence-electron chi connectivity index (χ0n) is 24.4. The van der Waals surface area contributed by atoms with Crippen LogP contribution >= 0.6 is 0 Å². The molecule has 1 aromatic heterocycles. The zero-order chi connectivity index (χ0) is 27.4. The monoisotopic (exact) mass is 513 g/mol. The van der Waals surface area contributed by atoms with E-state index in [9.17, 15) is 0 Å². The van der Waals surface area contributed by atoms with Crippen molar-refractivity contribution in [3.63, 3.8) is 0 Å². The minimum absolute atomic E-state index is 0.328. The Labute approximate surface area is 236 Å². The third kappa shape index (κ3) is 5.78. The molecule has 3 aromatic rings. The van der Waals surface area contributed by atoms with Crippen LogP contribution in [0.3, 0.4) is 0 Å². The second-order valence-electron chi connectivity index (χ2n) is 11.3. The van der Waals surface area contributed by atoms with Crippen molar-refractivity contribution in [1.29, 1.82) is 0 Å². The van der Waals surface area contributed by atoms with Gasteiger partial charge in [-0.3, -0.25) is 4.98 Å². The predicted octanol–water partition coefficient (Wildman–Crippen LogP) is 10.8. The lowest BCUT2D eigenvalue weighted by atomic mass is 9.86. The highest BCUT2D eigenvalue weighted by molar-refractivity contribution is 6.04. The molecule has 0 saturated carbocycles. The number of rotatable bonds is 8. The molecule has 0 aliphatic heterocycles. The molecule has 2 atom stereocenters. The minimum Gasteiger partial charge on any atom is -0.253 e. The minimum atomic E-state index is 0.328. The van der Waals surface area contributed by atoms with Gasteiger partial charge in [0.25, 0.3) is 0 Å². The third-order valence-corrected chi connectivity index (χ3v) is 8.40. The number of pyridine rings is 1. The van der Waals surface area contributed by atoms with Gasteiger partial charge < -0.3 is 0 Å². The van der Waals surface area contributed by atoms with E-state index >= 15 is 0 Å². The maximum Gasteiger partial charge on any atom is 0.0708 e. The Kier molecular flexibility index (Phi) is 8.46. The molecule has 2 unspecified atom stereocenters. The van der Waals surface area contributed by atoms with E-state index in [-0.39, 0.29) is 0 Å². The number of benzene rings is 2. The topological polar surface area (TPSA) is 12.9 Å². The number of nitrogens with zero attached hydrogens (tertiary/aromatic N) is 1. The average Bonchev–Trinajstić information content (AvgIpc) is 3.12. The highest BCUT2D eigenvalue weighted by atomic mass is 14.7. The Hall–Kier alpha value is -3.45. The van der Waals surface area contributed by atoms with Crippen molar-refractivity contribution in [3.8, 4) is 0 Å². The van der Waals surface area contributed by atoms with Crippen LogP contribution in [0.5, 0.6) is 0 Å². The lowest BCUT2D eigenvalue weighted by Gasteiger charge is -2.18. The fourth-order valence-electron chi connectivity index (χ4n) is 6.39. The van der Waals surface area contributed by atoms with Gasteiger partial charge in [0.1, 0.15) is 0 Å². The maximum absolute atomic E-state index is 4.94. The van der Waals surface area contributed by atoms with E-state index in [2.05, 4.69) is 120 Å². The molecule has 2 aromatic carbocycles. The lowest BCUT2D eigenvalue weighted by molar-refractivity contribution is 0.583. The molecule has 0 spiro atoms. The number of allylic oxidation sites excluding steroid dienone is 7. The summed E-state index contributed by atoms with van der Waals surface area (Å²) in [4.78, 5) is 4.94. The van der Waals surface area contributed by atoms with Gasteiger partial charge in [-0.15, -0.1) is 0 Å². The summed E-state index contributed by atoms with van der Waals surface area (Å²) in [6.07, 6.45) is 16.6. The van der Waals surface area contributed by atoms with Crippen LogP contribution in [0.15, 0.2) is 84.5 Å². The molecule has 1 heterocycles. The molecule has 0 radical (unpaired) electrons. The van der Waals surface area contributed by atoms with Gasteiger partial charge in [-0.25, -0.2) is 0 Å². The van der Waals surface area contributed by atoms with Crippen molar-refractivity contribution in [1.82, 2.24) is 4.98 Å². The smallest absolute Gasteiger partial charge is 0.0708 e. The third-order valence-electron chi connectivity index (χ3n) is 8.40. The molecule has 0 amide bonds. The van der Waals surface area contributed by atoms with Crippen LogP contribution in [0.1, 0.15) is 111 Å². The summed E-state index contributed by atoms with van der Waals surface area (Å²) in [5.41, 5.74) is 14.5. The van der Waals surface area contributed by atoms with Crippen LogP contribution < -0.4 is 0 Å². The number of fused-ring (bicyclic) bond motifs is 1. The van der Waals surface area contributed by atoms with Gasteiger partial charge in [0.05, 0.1) is 5.69 Å². The van der Waals surface area contributed by atoms with E-state index < -0.39 is 0 Å². The van der Waals surface area contributed by atoms with Crippen LogP contribution in [0.25, 0.3) is 22.8 Å². The first-order valence-corrected chi connectivity index (χ1v) is 15.0. The lowest BCUT2D eigenvalue weighted by Crippen LogP contribution is -2.01. The van der Waals surface area contributed by atoms with E-state index in [1.54, 1.807) is 0 Å². The summed E-state index contributed by atoms with van der Waals surface area (Å²) in [6.45, 7) is 11.2. The Morgan fingerprint density at radius 3 is 2.49 bits per heavy atom. The van der Waals surface area contributed by atoms with Crippen LogP contribution in [0.2, 0.25) is 0 Å². The number of aryl methyl sites for hydroxylation is 1. The average molecular weight is 514 g/mol. The van der Waals surface area contributed by atoms with Crippen molar-refractivity contribution in [2.24, 2.45) is 5.92 Å². The van der Waals surface area contributed by atoms with Crippen LogP contribution in [0, 0.1) is 12.8 Å². The van der Waals surface area contributed by atoms with E-state index in [4.69, 9.17) is 4.98 Å². The molecule has 200 valence electrons. The predicted molar refractivity (Wildman–Crippen MR) is 169 cm³/mol. The summed E-state index contributed by atoms with van der Waals surface area (Å²) in [7, 11) is 0. The molecule has 1 heteroatoms. The van der Waals surface area contributed by atoms with Gasteiger partial charge in [-0.2, -0.15) is 0 Å². The Bertz CT molecular complexity index is 1440. The van der Waals surface area contributed by atoms with E-state index in [1.807, 2.05) is 0 Å². The van der Waals surface area contributed by atoms with Crippen molar-refractivity contribution in [2.75, 3.05) is 0 Å². The summed E-state index contributed by atoms with van der Waals surface area (Å²) >= 11 is 0.